The summed E-state index contributed by atoms with van der Waals surface area (Å²) in [6.07, 6.45) is 0. The fraction of sp³-hybridized carbons (Fsp3) is 0. The van der Waals surface area contributed by atoms with Crippen molar-refractivity contribution in [3.8, 4) is 0 Å². The minimum atomic E-state index is 0. The first-order chi connectivity index (χ1) is 8.33. The van der Waals surface area contributed by atoms with Crippen LogP contribution in [-0.2, 0) is 0 Å². The van der Waals surface area contributed by atoms with Crippen LogP contribution in [0.4, 0.5) is 5.69 Å². The van der Waals surface area contributed by atoms with Crippen LogP contribution in [-0.4, -0.2) is 4.98 Å². The minimum absolute atomic E-state index is 0. The molecule has 1 N–H and O–H groups in total. The van der Waals surface area contributed by atoms with E-state index >= 15 is 0 Å². The number of fused-ring (bicyclic) bond motifs is 4. The number of aromatic amines is 1. The molecule has 1 radical (unpaired) electrons. The second-order valence-electron chi connectivity index (χ2n) is 3.90. The Bertz CT molecular complexity index is 754. The molecule has 3 aromatic rings. The van der Waals surface area contributed by atoms with Crippen molar-refractivity contribution in [3.05, 3.63) is 35.4 Å². The van der Waals surface area contributed by atoms with Gasteiger partial charge in [0.1, 0.15) is 0 Å². The Hall–Kier alpha value is -0.680. The molecular weight excluding hydrogens is 307 g/mol. The number of rotatable bonds is 0. The summed E-state index contributed by atoms with van der Waals surface area (Å²) in [5.41, 5.74) is 3.19. The molecule has 2 heterocycles. The molecule has 18 heavy (non-hydrogen) atoms. The number of para-hydroxylation sites is 1. The monoisotopic (exact) mass is 313 g/mol. The van der Waals surface area contributed by atoms with Gasteiger partial charge in [0.05, 0.1) is 16.2 Å². The average Bonchev–Trinajstić information content (AvgIpc) is 2.90. The fourth-order valence-corrected chi connectivity index (χ4v) is 4.12. The first-order valence-electron chi connectivity index (χ1n) is 5.11. The van der Waals surface area contributed by atoms with Gasteiger partial charge in [-0.15, -0.1) is 12.4 Å². The lowest BCUT2D eigenvalue weighted by atomic mass is 10.1. The number of nitrogens with zero attached hydrogens (tertiary/aromatic N) is 1. The van der Waals surface area contributed by atoms with Crippen molar-refractivity contribution in [1.82, 2.24) is 9.71 Å². The molecule has 0 saturated carbocycles. The zero-order valence-electron chi connectivity index (χ0n) is 8.94. The molecule has 0 fully saturated rings. The number of hydrogen-bond acceptors (Lipinski definition) is 2. The highest BCUT2D eigenvalue weighted by Crippen LogP contribution is 2.47. The predicted octanol–water partition coefficient (Wildman–Crippen LogP) is 5.30. The summed E-state index contributed by atoms with van der Waals surface area (Å²) in [5, 5.41) is 3.11. The van der Waals surface area contributed by atoms with Crippen molar-refractivity contribution in [2.75, 3.05) is 0 Å². The lowest BCUT2D eigenvalue weighted by Gasteiger charge is -1.96. The molecule has 0 atom stereocenters. The van der Waals surface area contributed by atoms with E-state index in [-0.39, 0.29) is 12.4 Å². The lowest BCUT2D eigenvalue weighted by molar-refractivity contribution is 1.32. The van der Waals surface area contributed by atoms with Crippen LogP contribution in [0.25, 0.3) is 21.8 Å². The first kappa shape index (κ1) is 12.4. The van der Waals surface area contributed by atoms with Gasteiger partial charge in [0.25, 0.3) is 0 Å². The summed E-state index contributed by atoms with van der Waals surface area (Å²) in [5.74, 6) is 0. The van der Waals surface area contributed by atoms with Gasteiger partial charge in [-0.1, -0.05) is 23.7 Å². The van der Waals surface area contributed by atoms with Gasteiger partial charge in [-0.05, 0) is 29.0 Å². The SMILES string of the molecule is Cl.Clc1cccc2c1[nH]c1cc3c(cc12)[N]SS3. The second-order valence-corrected chi connectivity index (χ2v) is 6.19. The number of aromatic nitrogens is 1. The molecule has 1 aromatic heterocycles. The molecule has 0 saturated heterocycles. The normalized spacial score (nSPS) is 13.4. The van der Waals surface area contributed by atoms with Crippen molar-refractivity contribution in [2.45, 2.75) is 4.90 Å². The van der Waals surface area contributed by atoms with E-state index in [1.54, 1.807) is 10.8 Å². The lowest BCUT2D eigenvalue weighted by Crippen LogP contribution is -1.77. The van der Waals surface area contributed by atoms with E-state index in [0.29, 0.717) is 0 Å². The highest BCUT2D eigenvalue weighted by molar-refractivity contribution is 8.76. The maximum atomic E-state index is 6.19. The maximum Gasteiger partial charge on any atom is 0.0875 e. The second kappa shape index (κ2) is 4.46. The number of halogens is 2. The standard InChI is InChI=1S/C12H6ClN2S2.ClH/c13-8-3-1-2-6-7-4-10-11(16-17-15-10)5-9(7)14-12(6)8;/h1-5,14H;1H. The maximum absolute atomic E-state index is 6.19. The third-order valence-electron chi connectivity index (χ3n) is 2.93. The summed E-state index contributed by atoms with van der Waals surface area (Å²) in [4.78, 5) is 4.59. The fourth-order valence-electron chi connectivity index (χ4n) is 2.14. The van der Waals surface area contributed by atoms with E-state index in [9.17, 15) is 0 Å². The van der Waals surface area contributed by atoms with Crippen LogP contribution < -0.4 is 4.72 Å². The van der Waals surface area contributed by atoms with Gasteiger partial charge >= 0.3 is 0 Å². The zero-order valence-corrected chi connectivity index (χ0v) is 12.1. The van der Waals surface area contributed by atoms with E-state index in [1.165, 1.54) is 21.3 Å². The Labute approximate surface area is 123 Å². The van der Waals surface area contributed by atoms with Crippen molar-refractivity contribution in [2.24, 2.45) is 0 Å². The zero-order chi connectivity index (χ0) is 11.4. The van der Waals surface area contributed by atoms with E-state index < -0.39 is 0 Å². The van der Waals surface area contributed by atoms with Crippen LogP contribution in [0.5, 0.6) is 0 Å². The van der Waals surface area contributed by atoms with Crippen LogP contribution in [0, 0.1) is 0 Å². The van der Waals surface area contributed by atoms with Crippen LogP contribution >= 0.6 is 45.8 Å². The third kappa shape index (κ3) is 1.67. The topological polar surface area (TPSA) is 29.9 Å². The summed E-state index contributed by atoms with van der Waals surface area (Å²) >= 11 is 6.19. The molecule has 4 rings (SSSR count). The molecular formula is C12H7Cl2N2S2. The summed E-state index contributed by atoms with van der Waals surface area (Å²) in [7, 11) is 3.22. The molecule has 1 aliphatic heterocycles. The number of benzene rings is 2. The molecule has 0 amide bonds. The molecule has 0 spiro atoms. The summed E-state index contributed by atoms with van der Waals surface area (Å²) < 4.78 is 4.39. The van der Waals surface area contributed by atoms with Crippen molar-refractivity contribution in [3.63, 3.8) is 0 Å². The summed E-state index contributed by atoms with van der Waals surface area (Å²) in [6.45, 7) is 0. The molecule has 0 aliphatic carbocycles. The Balaban J connectivity index is 0.000001000. The van der Waals surface area contributed by atoms with Gasteiger partial charge in [-0.3, -0.25) is 0 Å². The van der Waals surface area contributed by atoms with Gasteiger partial charge in [-0.25, -0.2) is 4.72 Å². The summed E-state index contributed by atoms with van der Waals surface area (Å²) in [6, 6.07) is 10.2. The molecule has 0 bridgehead atoms. The first-order valence-corrected chi connectivity index (χ1v) is 7.60. The van der Waals surface area contributed by atoms with Crippen molar-refractivity contribution in [1.29, 1.82) is 0 Å². The molecule has 91 valence electrons. The average molecular weight is 314 g/mol. The smallest absolute Gasteiger partial charge is 0.0875 e. The Morgan fingerprint density at radius 1 is 1.17 bits per heavy atom. The molecule has 2 nitrogen and oxygen atoms in total. The van der Waals surface area contributed by atoms with Gasteiger partial charge in [0, 0.05) is 32.2 Å². The highest BCUT2D eigenvalue weighted by Gasteiger charge is 2.17. The van der Waals surface area contributed by atoms with Crippen molar-refractivity contribution < 1.29 is 0 Å². The quantitative estimate of drug-likeness (QED) is 0.451. The molecule has 6 heteroatoms. The van der Waals surface area contributed by atoms with E-state index in [2.05, 4.69) is 27.9 Å². The minimum Gasteiger partial charge on any atom is -0.353 e. The number of hydrogen-bond donors (Lipinski definition) is 1. The molecule has 0 unspecified atom stereocenters. The Morgan fingerprint density at radius 3 is 2.94 bits per heavy atom. The van der Waals surface area contributed by atoms with E-state index in [1.807, 2.05) is 12.1 Å². The Morgan fingerprint density at radius 2 is 2.06 bits per heavy atom. The van der Waals surface area contributed by atoms with Crippen LogP contribution in [0.15, 0.2) is 35.2 Å². The van der Waals surface area contributed by atoms with Gasteiger partial charge < -0.3 is 4.98 Å². The van der Waals surface area contributed by atoms with Crippen LogP contribution in [0.2, 0.25) is 5.02 Å². The largest absolute Gasteiger partial charge is 0.353 e. The Kier molecular flexibility index (Phi) is 3.06. The van der Waals surface area contributed by atoms with Gasteiger partial charge in [0.15, 0.2) is 0 Å². The molecule has 1 aliphatic rings. The third-order valence-corrected chi connectivity index (χ3v) is 5.08. The van der Waals surface area contributed by atoms with Crippen LogP contribution in [0.1, 0.15) is 0 Å². The van der Waals surface area contributed by atoms with Crippen LogP contribution in [0.3, 0.4) is 0 Å². The van der Waals surface area contributed by atoms with E-state index in [0.717, 1.165) is 27.1 Å². The van der Waals surface area contributed by atoms with Crippen molar-refractivity contribution >= 4 is 73.3 Å². The van der Waals surface area contributed by atoms with Gasteiger partial charge in [-0.2, -0.15) is 0 Å². The number of H-pyrrole nitrogens is 1. The van der Waals surface area contributed by atoms with Gasteiger partial charge in [0.2, 0.25) is 0 Å². The predicted molar refractivity (Wildman–Crippen MR) is 83.3 cm³/mol. The van der Waals surface area contributed by atoms with E-state index in [4.69, 9.17) is 11.6 Å². The molecule has 2 aromatic carbocycles. The number of nitrogens with one attached hydrogen (secondary N) is 1. The highest BCUT2D eigenvalue weighted by atomic mass is 35.5.